The number of nitrogens with one attached hydrogen (secondary N) is 1. The summed E-state index contributed by atoms with van der Waals surface area (Å²) in [7, 11) is 1.47. The Hall–Kier alpha value is -1.82. The van der Waals surface area contributed by atoms with Gasteiger partial charge >= 0.3 is 6.03 Å². The minimum atomic E-state index is -0.328. The molecule has 2 fully saturated rings. The number of amides is 2. The average molecular weight is 349 g/mol. The van der Waals surface area contributed by atoms with Crippen molar-refractivity contribution in [3.8, 4) is 5.75 Å². The minimum absolute atomic E-state index is 0.0713. The molecular formula is C19H28FN3O2. The Morgan fingerprint density at radius 3 is 2.56 bits per heavy atom. The number of urea groups is 1. The van der Waals surface area contributed by atoms with Crippen molar-refractivity contribution < 1.29 is 13.9 Å². The highest BCUT2D eigenvalue weighted by Crippen LogP contribution is 2.20. The first kappa shape index (κ1) is 18.0. The molecule has 1 saturated heterocycles. The largest absolute Gasteiger partial charge is 0.494 e. The van der Waals surface area contributed by atoms with Gasteiger partial charge in [0.15, 0.2) is 11.6 Å². The van der Waals surface area contributed by atoms with Gasteiger partial charge in [-0.2, -0.15) is 0 Å². The molecule has 6 heteroatoms. The van der Waals surface area contributed by atoms with E-state index in [4.69, 9.17) is 4.74 Å². The molecule has 0 bridgehead atoms. The second-order valence-corrected chi connectivity index (χ2v) is 7.02. The molecule has 1 aromatic rings. The van der Waals surface area contributed by atoms with Crippen molar-refractivity contribution in [1.29, 1.82) is 0 Å². The van der Waals surface area contributed by atoms with Gasteiger partial charge in [0.25, 0.3) is 0 Å². The molecule has 25 heavy (non-hydrogen) atoms. The van der Waals surface area contributed by atoms with E-state index in [-0.39, 0.29) is 17.6 Å². The van der Waals surface area contributed by atoms with Crippen LogP contribution in [0, 0.1) is 5.82 Å². The summed E-state index contributed by atoms with van der Waals surface area (Å²) in [4.78, 5) is 16.5. The highest BCUT2D eigenvalue weighted by Gasteiger charge is 2.24. The molecule has 2 amide bonds. The van der Waals surface area contributed by atoms with Crippen LogP contribution < -0.4 is 10.1 Å². The number of halogens is 1. The van der Waals surface area contributed by atoms with E-state index in [9.17, 15) is 9.18 Å². The van der Waals surface area contributed by atoms with Gasteiger partial charge in [-0.3, -0.25) is 4.90 Å². The fraction of sp³-hybridized carbons (Fsp3) is 0.632. The van der Waals surface area contributed by atoms with Gasteiger partial charge in [0.1, 0.15) is 0 Å². The van der Waals surface area contributed by atoms with E-state index >= 15 is 0 Å². The van der Waals surface area contributed by atoms with Crippen LogP contribution in [0.3, 0.4) is 0 Å². The molecule has 0 radical (unpaired) electrons. The average Bonchev–Trinajstić information content (AvgIpc) is 2.63. The zero-order chi connectivity index (χ0) is 17.6. The summed E-state index contributed by atoms with van der Waals surface area (Å²) in [5.41, 5.74) is 0.929. The van der Waals surface area contributed by atoms with Crippen LogP contribution >= 0.6 is 0 Å². The number of nitrogens with zero attached hydrogens (tertiary/aromatic N) is 2. The van der Waals surface area contributed by atoms with Crippen molar-refractivity contribution in [3.63, 3.8) is 0 Å². The molecule has 1 aliphatic carbocycles. The molecule has 5 nitrogen and oxygen atoms in total. The van der Waals surface area contributed by atoms with E-state index in [0.717, 1.165) is 44.6 Å². The number of carbonyl (C=O) groups is 1. The molecule has 1 aromatic carbocycles. The number of piperazine rings is 1. The maximum Gasteiger partial charge on any atom is 0.317 e. The summed E-state index contributed by atoms with van der Waals surface area (Å²) in [6.07, 6.45) is 5.94. The maximum atomic E-state index is 13.8. The van der Waals surface area contributed by atoms with Gasteiger partial charge < -0.3 is 15.0 Å². The Morgan fingerprint density at radius 2 is 1.92 bits per heavy atom. The summed E-state index contributed by atoms with van der Waals surface area (Å²) in [6, 6.07) is 5.51. The van der Waals surface area contributed by atoms with Gasteiger partial charge in [-0.15, -0.1) is 0 Å². The highest BCUT2D eigenvalue weighted by molar-refractivity contribution is 5.74. The summed E-state index contributed by atoms with van der Waals surface area (Å²) in [6.45, 7) is 3.75. The smallest absolute Gasteiger partial charge is 0.317 e. The SMILES string of the molecule is COc1ccc(CN2CCN(C(=O)NC3CCCCC3)CC2)cc1F. The molecule has 0 atom stereocenters. The summed E-state index contributed by atoms with van der Waals surface area (Å²) >= 11 is 0. The van der Waals surface area contributed by atoms with E-state index in [2.05, 4.69) is 10.2 Å². The van der Waals surface area contributed by atoms with Crippen LogP contribution in [0.2, 0.25) is 0 Å². The molecule has 138 valence electrons. The quantitative estimate of drug-likeness (QED) is 0.909. The summed E-state index contributed by atoms with van der Waals surface area (Å²) in [5.74, 6) is -0.0570. The Bertz CT molecular complexity index is 582. The first-order chi connectivity index (χ1) is 12.2. The lowest BCUT2D eigenvalue weighted by molar-refractivity contribution is 0.132. The molecule has 3 rings (SSSR count). The molecular weight excluding hydrogens is 321 g/mol. The van der Waals surface area contributed by atoms with Crippen LogP contribution in [0.4, 0.5) is 9.18 Å². The van der Waals surface area contributed by atoms with Gasteiger partial charge in [0.2, 0.25) is 0 Å². The fourth-order valence-corrected chi connectivity index (χ4v) is 3.69. The number of benzene rings is 1. The zero-order valence-electron chi connectivity index (χ0n) is 15.0. The van der Waals surface area contributed by atoms with Crippen molar-refractivity contribution in [1.82, 2.24) is 15.1 Å². The van der Waals surface area contributed by atoms with Gasteiger partial charge in [-0.25, -0.2) is 9.18 Å². The predicted molar refractivity (Wildman–Crippen MR) is 95.2 cm³/mol. The molecule has 1 heterocycles. The number of ether oxygens (including phenoxy) is 1. The van der Waals surface area contributed by atoms with Crippen LogP contribution in [0.25, 0.3) is 0 Å². The lowest BCUT2D eigenvalue weighted by Gasteiger charge is -2.36. The van der Waals surface area contributed by atoms with Crippen molar-refractivity contribution in [3.05, 3.63) is 29.6 Å². The van der Waals surface area contributed by atoms with Crippen LogP contribution in [-0.4, -0.2) is 55.2 Å². The van der Waals surface area contributed by atoms with Crippen LogP contribution in [-0.2, 0) is 6.54 Å². The second kappa shape index (κ2) is 8.52. The Labute approximate surface area is 149 Å². The number of hydrogen-bond donors (Lipinski definition) is 1. The topological polar surface area (TPSA) is 44.8 Å². The number of carbonyl (C=O) groups excluding carboxylic acids is 1. The highest BCUT2D eigenvalue weighted by atomic mass is 19.1. The van der Waals surface area contributed by atoms with E-state index in [1.807, 2.05) is 11.0 Å². The fourth-order valence-electron chi connectivity index (χ4n) is 3.69. The van der Waals surface area contributed by atoms with Crippen molar-refractivity contribution in [2.45, 2.75) is 44.7 Å². The predicted octanol–water partition coefficient (Wildman–Crippen LogP) is 2.99. The van der Waals surface area contributed by atoms with Crippen molar-refractivity contribution in [2.24, 2.45) is 0 Å². The zero-order valence-corrected chi connectivity index (χ0v) is 15.0. The van der Waals surface area contributed by atoms with Gasteiger partial charge in [0, 0.05) is 38.8 Å². The molecule has 1 N–H and O–H groups in total. The molecule has 1 aliphatic heterocycles. The van der Waals surface area contributed by atoms with Crippen LogP contribution in [0.15, 0.2) is 18.2 Å². The summed E-state index contributed by atoms with van der Waals surface area (Å²) in [5, 5.41) is 3.18. The number of hydrogen-bond acceptors (Lipinski definition) is 3. The lowest BCUT2D eigenvalue weighted by Crippen LogP contribution is -2.53. The van der Waals surface area contributed by atoms with Gasteiger partial charge in [0.05, 0.1) is 7.11 Å². The summed E-state index contributed by atoms with van der Waals surface area (Å²) < 4.78 is 18.7. The van der Waals surface area contributed by atoms with Crippen molar-refractivity contribution >= 4 is 6.03 Å². The van der Waals surface area contributed by atoms with E-state index in [1.54, 1.807) is 6.07 Å². The monoisotopic (exact) mass is 349 g/mol. The minimum Gasteiger partial charge on any atom is -0.494 e. The third-order valence-corrected chi connectivity index (χ3v) is 5.21. The van der Waals surface area contributed by atoms with Crippen LogP contribution in [0.5, 0.6) is 5.75 Å². The Morgan fingerprint density at radius 1 is 1.20 bits per heavy atom. The normalized spacial score (nSPS) is 19.7. The third-order valence-electron chi connectivity index (χ3n) is 5.21. The molecule has 2 aliphatic rings. The third kappa shape index (κ3) is 4.84. The van der Waals surface area contributed by atoms with Gasteiger partial charge in [-0.05, 0) is 30.5 Å². The van der Waals surface area contributed by atoms with E-state index < -0.39 is 0 Å². The Kier molecular flexibility index (Phi) is 6.13. The Balaban J connectivity index is 1.45. The van der Waals surface area contributed by atoms with E-state index in [1.165, 1.54) is 32.4 Å². The van der Waals surface area contributed by atoms with Crippen LogP contribution in [0.1, 0.15) is 37.7 Å². The number of rotatable bonds is 4. The number of methoxy groups -OCH3 is 1. The second-order valence-electron chi connectivity index (χ2n) is 7.02. The molecule has 0 aromatic heterocycles. The molecule has 1 saturated carbocycles. The van der Waals surface area contributed by atoms with E-state index in [0.29, 0.717) is 12.6 Å². The molecule has 0 spiro atoms. The van der Waals surface area contributed by atoms with Crippen molar-refractivity contribution in [2.75, 3.05) is 33.3 Å². The lowest BCUT2D eigenvalue weighted by atomic mass is 9.96. The first-order valence-corrected chi connectivity index (χ1v) is 9.26. The maximum absolute atomic E-state index is 13.8. The molecule has 0 unspecified atom stereocenters. The standard InChI is InChI=1S/C19H28FN3O2/c1-25-18-8-7-15(13-17(18)20)14-22-9-11-23(12-10-22)19(24)21-16-5-3-2-4-6-16/h7-8,13,16H,2-6,9-12,14H2,1H3,(H,21,24). The first-order valence-electron chi connectivity index (χ1n) is 9.26. The van der Waals surface area contributed by atoms with Gasteiger partial charge in [-0.1, -0.05) is 25.3 Å².